The molecule has 10 atom stereocenters. The number of nitrogens with zero attached hydrogens (tertiary/aromatic N) is 4. The van der Waals surface area contributed by atoms with Crippen LogP contribution in [-0.2, 0) is 38.4 Å². The lowest BCUT2D eigenvalue weighted by molar-refractivity contribution is -0.138. The third-order valence-corrected chi connectivity index (χ3v) is 20.8. The van der Waals surface area contributed by atoms with Gasteiger partial charge in [-0.3, -0.25) is 38.4 Å². The van der Waals surface area contributed by atoms with Gasteiger partial charge in [0.1, 0.15) is 18.5 Å². The van der Waals surface area contributed by atoms with Gasteiger partial charge in [-0.25, -0.2) is 0 Å². The molecule has 0 saturated carbocycles. The molecule has 108 heavy (non-hydrogen) atoms. The number of hydrogen-bond acceptors (Lipinski definition) is 16. The molecule has 0 radical (unpaired) electrons. The fourth-order valence-electron chi connectivity index (χ4n) is 13.4. The number of carbonyl (C=O) groups excluding carboxylic acids is 4. The molecule has 608 valence electrons. The summed E-state index contributed by atoms with van der Waals surface area (Å²) in [6.45, 7) is 6.76. The molecular weight excluding hydrogens is 1420 g/mol. The summed E-state index contributed by atoms with van der Waals surface area (Å²) >= 11 is 5.96. The third-order valence-electron chi connectivity index (χ3n) is 19.4. The monoisotopic (exact) mass is 1550 g/mol. The van der Waals surface area contributed by atoms with E-state index < -0.39 is 48.3 Å². The number of aliphatic carboxylic acids is 4. The van der Waals surface area contributed by atoms with Crippen molar-refractivity contribution < 1.29 is 89.1 Å². The zero-order chi connectivity index (χ0) is 79.1. The lowest BCUT2D eigenvalue weighted by Gasteiger charge is -2.34. The topological polar surface area (TPSA) is 341 Å². The summed E-state index contributed by atoms with van der Waals surface area (Å²) in [6, 6.07) is 19.5. The Morgan fingerprint density at radius 1 is 0.417 bits per heavy atom. The van der Waals surface area contributed by atoms with Crippen LogP contribution < -0.4 is 4.74 Å². The summed E-state index contributed by atoms with van der Waals surface area (Å²) in [5.41, 5.74) is 0. The van der Waals surface area contributed by atoms with Gasteiger partial charge in [-0.2, -0.15) is 12.6 Å². The van der Waals surface area contributed by atoms with Crippen LogP contribution in [0.2, 0.25) is 0 Å². The number of ether oxygens (including phenoxy) is 1. The number of carboxylic acid groups (broad SMARTS) is 4. The average molecular weight is 1550 g/mol. The Balaban J connectivity index is 0.000000374. The first kappa shape index (κ1) is 95.7. The Hall–Kier alpha value is -6.54. The maximum Gasteiger partial charge on any atom is 0.303 e. The number of amides is 4. The zero-order valence-electron chi connectivity index (χ0n) is 64.6. The highest BCUT2D eigenvalue weighted by molar-refractivity contribution is 7.99. The number of rotatable bonds is 50. The maximum absolute atomic E-state index is 12.3. The minimum Gasteiger partial charge on any atom is -0.491 e. The first-order valence-corrected chi connectivity index (χ1v) is 41.6. The standard InChI is InChI=1S/C22H31NO5.C22H31NO4S.C20H35NO5.C20H35NO4S/c2*24-19(17-28-20-10-4-3-5-11-20)15-14-18-9-8-12-21(25)23(18)16-7-2-1-6-13-22(26)27;1-16(22)8-6-10-18(23)14-13-17-9-7-11-19(24)21(17)15-5-3-2-4-12-20(25)26;1-16(26)8-6-10-18(22)14-13-17-9-7-11-19(23)21(17)15-5-3-2-4-12-20(24)25/h2*3-5,10-11,14-15,18-19,24H,1-2,6-9,12-13,16-17H2,(H,26,27);13-14,16-18,22-23H,2-12,15H2,1H3,(H,25,26);13-14,16-18,22,26H,2-12,15H2,1H3,(H,24,25)/t2*18-,19?;2*16?,17-,18?/m1111/s1. The molecular formula is C84H132N4O18S2. The van der Waals surface area contributed by atoms with Crippen LogP contribution in [-0.4, -0.2) is 212 Å². The molecule has 4 aliphatic heterocycles. The van der Waals surface area contributed by atoms with E-state index in [1.54, 1.807) is 30.8 Å². The molecule has 0 aromatic heterocycles. The number of aliphatic hydroxyl groups is 5. The third kappa shape index (κ3) is 46.8. The Kier molecular flexibility index (Phi) is 52.5. The molecule has 2 aromatic rings. The molecule has 0 bridgehead atoms. The van der Waals surface area contributed by atoms with Crippen LogP contribution in [0, 0.1) is 0 Å². The Morgan fingerprint density at radius 2 is 0.722 bits per heavy atom. The summed E-state index contributed by atoms with van der Waals surface area (Å²) in [5, 5.41) is 84.8. The molecule has 6 unspecified atom stereocenters. The van der Waals surface area contributed by atoms with Crippen molar-refractivity contribution in [2.75, 3.05) is 38.5 Å². The van der Waals surface area contributed by atoms with E-state index >= 15 is 0 Å². The van der Waals surface area contributed by atoms with E-state index in [0.717, 1.165) is 159 Å². The van der Waals surface area contributed by atoms with Crippen LogP contribution in [0.5, 0.6) is 5.75 Å². The number of unbranched alkanes of at least 4 members (excludes halogenated alkanes) is 12. The summed E-state index contributed by atoms with van der Waals surface area (Å²) < 4.78 is 5.55. The van der Waals surface area contributed by atoms with Crippen LogP contribution >= 0.6 is 24.4 Å². The zero-order valence-corrected chi connectivity index (χ0v) is 66.3. The number of benzene rings is 2. The van der Waals surface area contributed by atoms with Crippen molar-refractivity contribution in [1.82, 2.24) is 19.6 Å². The van der Waals surface area contributed by atoms with Crippen molar-refractivity contribution in [2.45, 2.75) is 323 Å². The molecule has 2 aromatic carbocycles. The van der Waals surface area contributed by atoms with E-state index in [9.17, 15) is 63.9 Å². The summed E-state index contributed by atoms with van der Waals surface area (Å²) in [7, 11) is 0. The number of thiol groups is 1. The van der Waals surface area contributed by atoms with E-state index in [0.29, 0.717) is 107 Å². The van der Waals surface area contributed by atoms with E-state index in [1.165, 1.54) is 0 Å². The average Bonchev–Trinajstić information content (AvgIpc) is 0.876. The highest BCUT2D eigenvalue weighted by Gasteiger charge is 2.30. The number of carboxylic acids is 4. The van der Waals surface area contributed by atoms with Crippen LogP contribution in [0.15, 0.2) is 114 Å². The maximum atomic E-state index is 12.3. The largest absolute Gasteiger partial charge is 0.491 e. The van der Waals surface area contributed by atoms with Gasteiger partial charge in [0.05, 0.1) is 48.6 Å². The van der Waals surface area contributed by atoms with Gasteiger partial charge >= 0.3 is 23.9 Å². The molecule has 22 nitrogen and oxygen atoms in total. The van der Waals surface area contributed by atoms with Gasteiger partial charge in [0.15, 0.2) is 0 Å². The van der Waals surface area contributed by atoms with E-state index in [1.807, 2.05) is 117 Å². The second-order valence-corrected chi connectivity index (χ2v) is 31.0. The second-order valence-electron chi connectivity index (χ2n) is 29.0. The van der Waals surface area contributed by atoms with E-state index in [2.05, 4.69) is 19.6 Å². The Morgan fingerprint density at radius 3 is 1.05 bits per heavy atom. The van der Waals surface area contributed by atoms with Crippen LogP contribution in [0.1, 0.15) is 258 Å². The molecule has 4 aliphatic rings. The molecule has 24 heteroatoms. The van der Waals surface area contributed by atoms with Gasteiger partial charge < -0.3 is 70.3 Å². The molecule has 6 rings (SSSR count). The van der Waals surface area contributed by atoms with Crippen molar-refractivity contribution in [2.24, 2.45) is 0 Å². The first-order chi connectivity index (χ1) is 51.9. The fourth-order valence-corrected chi connectivity index (χ4v) is 14.4. The SMILES string of the molecule is CC(O)CCCC(O)C=C[C@H]1CCCC(=O)N1CCCCCCC(=O)O.CC(S)CCCC(O)C=C[C@H]1CCCC(=O)N1CCCCCCC(=O)O.O=C(O)CCCCCCN1C(=O)CCC[C@@H]1C=CC(O)COc1ccccc1.O=C(O)CCCCCCN1C(=O)CCC[C@@H]1C=CC(O)CSc1ccccc1. The molecule has 0 aliphatic carbocycles. The van der Waals surface area contributed by atoms with Gasteiger partial charge in [0.25, 0.3) is 0 Å². The number of thioether (sulfide) groups is 1. The van der Waals surface area contributed by atoms with Crippen molar-refractivity contribution in [3.63, 3.8) is 0 Å². The predicted molar refractivity (Wildman–Crippen MR) is 428 cm³/mol. The van der Waals surface area contributed by atoms with Gasteiger partial charge in [0, 0.05) is 88.2 Å². The number of hydrogen-bond donors (Lipinski definition) is 10. The highest BCUT2D eigenvalue weighted by Crippen LogP contribution is 2.27. The molecule has 4 amide bonds. The molecule has 9 N–H and O–H groups in total. The van der Waals surface area contributed by atoms with Gasteiger partial charge in [-0.1, -0.05) is 143 Å². The smallest absolute Gasteiger partial charge is 0.303 e. The number of aliphatic hydroxyl groups excluding tert-OH is 5. The number of likely N-dealkylation sites (tertiary alicyclic amines) is 4. The van der Waals surface area contributed by atoms with Crippen molar-refractivity contribution in [1.29, 1.82) is 0 Å². The van der Waals surface area contributed by atoms with Crippen LogP contribution in [0.25, 0.3) is 0 Å². The number of para-hydroxylation sites is 1. The van der Waals surface area contributed by atoms with Crippen LogP contribution in [0.3, 0.4) is 0 Å². The summed E-state index contributed by atoms with van der Waals surface area (Å²) in [6.07, 6.45) is 41.1. The quantitative estimate of drug-likeness (QED) is 0.0127. The minimum atomic E-state index is -0.758. The van der Waals surface area contributed by atoms with E-state index in [-0.39, 0.29) is 86.2 Å². The lowest BCUT2D eigenvalue weighted by atomic mass is 9.99. The highest BCUT2D eigenvalue weighted by atomic mass is 32.2. The minimum absolute atomic E-state index is 0.00615. The predicted octanol–water partition coefficient (Wildman–Crippen LogP) is 14.2. The van der Waals surface area contributed by atoms with E-state index in [4.69, 9.17) is 25.2 Å². The van der Waals surface area contributed by atoms with Gasteiger partial charge in [0.2, 0.25) is 23.6 Å². The van der Waals surface area contributed by atoms with Gasteiger partial charge in [-0.15, -0.1) is 11.8 Å². The lowest BCUT2D eigenvalue weighted by Crippen LogP contribution is -2.43. The molecule has 4 fully saturated rings. The summed E-state index contributed by atoms with van der Waals surface area (Å²) in [5.74, 6) is -1.02. The number of piperidine rings is 4. The van der Waals surface area contributed by atoms with Crippen molar-refractivity contribution in [3.05, 3.63) is 109 Å². The van der Waals surface area contributed by atoms with Crippen LogP contribution in [0.4, 0.5) is 0 Å². The Labute approximate surface area is 653 Å². The summed E-state index contributed by atoms with van der Waals surface area (Å²) in [4.78, 5) is 99.9. The molecule has 4 saturated heterocycles. The van der Waals surface area contributed by atoms with Crippen molar-refractivity contribution in [3.8, 4) is 5.75 Å². The fraction of sp³-hybridized carbons (Fsp3) is 0.667. The Bertz CT molecular complexity index is 2740. The molecule has 0 spiro atoms. The number of carbonyl (C=O) groups is 8. The van der Waals surface area contributed by atoms with Crippen molar-refractivity contribution >= 4 is 71.9 Å². The normalized spacial score (nSPS) is 19.4. The molecule has 4 heterocycles. The van der Waals surface area contributed by atoms with Gasteiger partial charge in [-0.05, 0) is 178 Å². The first-order valence-electron chi connectivity index (χ1n) is 40.1. The second kappa shape index (κ2) is 59.3.